The van der Waals surface area contributed by atoms with Gasteiger partial charge in [-0.2, -0.15) is 0 Å². The molecule has 0 spiro atoms. The van der Waals surface area contributed by atoms with Gasteiger partial charge in [0.15, 0.2) is 12.0 Å². The van der Waals surface area contributed by atoms with E-state index in [-0.39, 0.29) is 11.7 Å². The zero-order chi connectivity index (χ0) is 13.8. The summed E-state index contributed by atoms with van der Waals surface area (Å²) < 4.78 is 5.36. The molecule has 4 heteroatoms. The van der Waals surface area contributed by atoms with Crippen LogP contribution in [0.25, 0.3) is 11.3 Å². The van der Waals surface area contributed by atoms with Gasteiger partial charge in [0.1, 0.15) is 5.76 Å². The molecule has 0 saturated carbocycles. The minimum absolute atomic E-state index is 0.0340. The number of furan rings is 1. The standard InChI is InChI=1S/C15H15NO3/c1-3-15(18)16-13-8-11(5-4-10(13)2)14-7-6-12(9-17)19-14/h4-9H,3H2,1-2H3,(H,16,18). The Bertz CT molecular complexity index is 614. The third-order valence-corrected chi connectivity index (χ3v) is 2.86. The molecule has 0 fully saturated rings. The average molecular weight is 257 g/mol. The van der Waals surface area contributed by atoms with Crippen molar-refractivity contribution in [3.63, 3.8) is 0 Å². The molecule has 1 N–H and O–H groups in total. The summed E-state index contributed by atoms with van der Waals surface area (Å²) in [4.78, 5) is 22.1. The van der Waals surface area contributed by atoms with Gasteiger partial charge >= 0.3 is 0 Å². The number of amides is 1. The van der Waals surface area contributed by atoms with Gasteiger partial charge in [-0.15, -0.1) is 0 Å². The number of nitrogens with one attached hydrogen (secondary N) is 1. The van der Waals surface area contributed by atoms with Crippen molar-refractivity contribution in [3.8, 4) is 11.3 Å². The number of hydrogen-bond acceptors (Lipinski definition) is 3. The molecule has 0 saturated heterocycles. The second-order valence-corrected chi connectivity index (χ2v) is 4.25. The molecular formula is C15H15NO3. The van der Waals surface area contributed by atoms with Gasteiger partial charge in [0.2, 0.25) is 5.91 Å². The van der Waals surface area contributed by atoms with E-state index in [1.54, 1.807) is 19.1 Å². The molecule has 0 aliphatic carbocycles. The largest absolute Gasteiger partial charge is 0.453 e. The highest BCUT2D eigenvalue weighted by atomic mass is 16.3. The smallest absolute Gasteiger partial charge is 0.224 e. The molecular weight excluding hydrogens is 242 g/mol. The van der Waals surface area contributed by atoms with Crippen molar-refractivity contribution in [2.45, 2.75) is 20.3 Å². The van der Waals surface area contributed by atoms with Crippen LogP contribution in [0.1, 0.15) is 29.5 Å². The van der Waals surface area contributed by atoms with Crippen LogP contribution in [0.4, 0.5) is 5.69 Å². The monoisotopic (exact) mass is 257 g/mol. The molecule has 1 heterocycles. The van der Waals surface area contributed by atoms with E-state index in [4.69, 9.17) is 4.42 Å². The molecule has 0 bridgehead atoms. The predicted molar refractivity (Wildman–Crippen MR) is 73.2 cm³/mol. The Morgan fingerprint density at radius 3 is 2.74 bits per heavy atom. The normalized spacial score (nSPS) is 10.2. The topological polar surface area (TPSA) is 59.3 Å². The lowest BCUT2D eigenvalue weighted by atomic mass is 10.1. The first-order valence-corrected chi connectivity index (χ1v) is 6.10. The maximum absolute atomic E-state index is 11.5. The van der Waals surface area contributed by atoms with Gasteiger partial charge in [-0.25, -0.2) is 0 Å². The molecule has 2 aromatic rings. The van der Waals surface area contributed by atoms with Crippen molar-refractivity contribution in [2.24, 2.45) is 0 Å². The van der Waals surface area contributed by atoms with E-state index in [9.17, 15) is 9.59 Å². The molecule has 19 heavy (non-hydrogen) atoms. The number of aldehydes is 1. The fourth-order valence-corrected chi connectivity index (χ4v) is 1.72. The summed E-state index contributed by atoms with van der Waals surface area (Å²) in [5, 5.41) is 2.84. The first-order valence-electron chi connectivity index (χ1n) is 6.10. The minimum Gasteiger partial charge on any atom is -0.453 e. The molecule has 0 aliphatic rings. The van der Waals surface area contributed by atoms with Crippen LogP contribution in [0.5, 0.6) is 0 Å². The van der Waals surface area contributed by atoms with Gasteiger partial charge in [0, 0.05) is 17.7 Å². The van der Waals surface area contributed by atoms with Gasteiger partial charge in [0.05, 0.1) is 0 Å². The van der Waals surface area contributed by atoms with Crippen molar-refractivity contribution < 1.29 is 14.0 Å². The number of carbonyl (C=O) groups is 2. The van der Waals surface area contributed by atoms with E-state index in [1.165, 1.54) is 0 Å². The van der Waals surface area contributed by atoms with Gasteiger partial charge in [-0.05, 0) is 30.7 Å². The van der Waals surface area contributed by atoms with Crippen molar-refractivity contribution in [1.82, 2.24) is 0 Å². The second kappa shape index (κ2) is 5.52. The van der Waals surface area contributed by atoms with Crippen molar-refractivity contribution >= 4 is 17.9 Å². The maximum Gasteiger partial charge on any atom is 0.224 e. The van der Waals surface area contributed by atoms with Crippen LogP contribution < -0.4 is 5.32 Å². The summed E-state index contributed by atoms with van der Waals surface area (Å²) in [5.41, 5.74) is 2.56. The summed E-state index contributed by atoms with van der Waals surface area (Å²) in [6, 6.07) is 9.00. The molecule has 0 unspecified atom stereocenters. The van der Waals surface area contributed by atoms with E-state index in [1.807, 2.05) is 25.1 Å². The van der Waals surface area contributed by atoms with Crippen LogP contribution in [-0.2, 0) is 4.79 Å². The number of hydrogen-bond donors (Lipinski definition) is 1. The summed E-state index contributed by atoms with van der Waals surface area (Å²) in [7, 11) is 0. The van der Waals surface area contributed by atoms with Crippen LogP contribution in [0.2, 0.25) is 0 Å². The molecule has 1 aromatic carbocycles. The molecule has 1 amide bonds. The van der Waals surface area contributed by atoms with Crippen LogP contribution in [0.15, 0.2) is 34.7 Å². The van der Waals surface area contributed by atoms with Crippen molar-refractivity contribution in [1.29, 1.82) is 0 Å². The van der Waals surface area contributed by atoms with E-state index in [0.29, 0.717) is 18.5 Å². The van der Waals surface area contributed by atoms with Crippen molar-refractivity contribution in [3.05, 3.63) is 41.7 Å². The van der Waals surface area contributed by atoms with E-state index < -0.39 is 0 Å². The third kappa shape index (κ3) is 2.91. The van der Waals surface area contributed by atoms with Crippen molar-refractivity contribution in [2.75, 3.05) is 5.32 Å². The Kier molecular flexibility index (Phi) is 3.80. The third-order valence-electron chi connectivity index (χ3n) is 2.86. The first kappa shape index (κ1) is 13.1. The first-order chi connectivity index (χ1) is 9.13. The second-order valence-electron chi connectivity index (χ2n) is 4.25. The number of benzene rings is 1. The molecule has 98 valence electrons. The van der Waals surface area contributed by atoms with Gasteiger partial charge in [-0.3, -0.25) is 9.59 Å². The summed E-state index contributed by atoms with van der Waals surface area (Å²) >= 11 is 0. The number of anilines is 1. The lowest BCUT2D eigenvalue weighted by Crippen LogP contribution is -2.10. The molecule has 0 radical (unpaired) electrons. The molecule has 2 rings (SSSR count). The Morgan fingerprint density at radius 2 is 2.11 bits per heavy atom. The average Bonchev–Trinajstić information content (AvgIpc) is 2.90. The maximum atomic E-state index is 11.5. The number of aryl methyl sites for hydroxylation is 1. The van der Waals surface area contributed by atoms with Crippen LogP contribution in [0, 0.1) is 6.92 Å². The van der Waals surface area contributed by atoms with Crippen LogP contribution in [-0.4, -0.2) is 12.2 Å². The Balaban J connectivity index is 2.34. The molecule has 1 aromatic heterocycles. The Hall–Kier alpha value is -2.36. The fourth-order valence-electron chi connectivity index (χ4n) is 1.72. The highest BCUT2D eigenvalue weighted by Crippen LogP contribution is 2.26. The molecule has 0 aliphatic heterocycles. The lowest BCUT2D eigenvalue weighted by Gasteiger charge is -2.09. The zero-order valence-corrected chi connectivity index (χ0v) is 10.9. The van der Waals surface area contributed by atoms with Gasteiger partial charge < -0.3 is 9.73 Å². The van der Waals surface area contributed by atoms with Crippen LogP contribution >= 0.6 is 0 Å². The van der Waals surface area contributed by atoms with Gasteiger partial charge in [0.25, 0.3) is 0 Å². The van der Waals surface area contributed by atoms with E-state index in [0.717, 1.165) is 16.8 Å². The fraction of sp³-hybridized carbons (Fsp3) is 0.200. The SMILES string of the molecule is CCC(=O)Nc1cc(-c2ccc(C=O)o2)ccc1C. The Morgan fingerprint density at radius 1 is 1.32 bits per heavy atom. The Labute approximate surface area is 111 Å². The predicted octanol–water partition coefficient (Wildman–Crippen LogP) is 3.42. The summed E-state index contributed by atoms with van der Waals surface area (Å²) in [5.74, 6) is 0.858. The minimum atomic E-state index is -0.0340. The van der Waals surface area contributed by atoms with E-state index >= 15 is 0 Å². The molecule has 0 atom stereocenters. The highest BCUT2D eigenvalue weighted by molar-refractivity contribution is 5.92. The number of carbonyl (C=O) groups excluding carboxylic acids is 2. The molecule has 4 nitrogen and oxygen atoms in total. The summed E-state index contributed by atoms with van der Waals surface area (Å²) in [6.45, 7) is 3.73. The highest BCUT2D eigenvalue weighted by Gasteiger charge is 2.08. The summed E-state index contributed by atoms with van der Waals surface area (Å²) in [6.07, 6.45) is 1.09. The van der Waals surface area contributed by atoms with Gasteiger partial charge in [-0.1, -0.05) is 19.1 Å². The quantitative estimate of drug-likeness (QED) is 0.854. The number of rotatable bonds is 4. The zero-order valence-electron chi connectivity index (χ0n) is 10.9. The van der Waals surface area contributed by atoms with E-state index in [2.05, 4.69) is 5.32 Å². The lowest BCUT2D eigenvalue weighted by molar-refractivity contribution is -0.115. The van der Waals surface area contributed by atoms with Crippen LogP contribution in [0.3, 0.4) is 0 Å².